The fraction of sp³-hybridized carbons (Fsp3) is 0.364. The maximum Gasteiger partial charge on any atom is 0.268 e. The molecule has 1 amide bonds. The minimum Gasteiger partial charge on any atom is -0.347 e. The van der Waals surface area contributed by atoms with Crippen LogP contribution in [0, 0.1) is 12.3 Å². The minimum atomic E-state index is -0.0831. The lowest BCUT2D eigenvalue weighted by Crippen LogP contribution is -2.33. The summed E-state index contributed by atoms with van der Waals surface area (Å²) in [7, 11) is 1.83. The molecule has 14 heavy (non-hydrogen) atoms. The summed E-state index contributed by atoms with van der Waals surface area (Å²) in [6, 6.07) is 3.63. The predicted molar refractivity (Wildman–Crippen MR) is 55.8 cm³/mol. The zero-order valence-electron chi connectivity index (χ0n) is 8.45. The molecule has 0 saturated carbocycles. The standard InChI is InChI=1S/C11H14N2O/c1-4-6-9(2)12-11(14)10-7-5-8-13(10)3/h1,5,7-9H,6H2,2-3H3,(H,12,14). The van der Waals surface area contributed by atoms with Gasteiger partial charge in [-0.25, -0.2) is 0 Å². The van der Waals surface area contributed by atoms with Crippen LogP contribution >= 0.6 is 0 Å². The third-order valence-corrected chi connectivity index (χ3v) is 1.98. The Balaban J connectivity index is 2.60. The van der Waals surface area contributed by atoms with Gasteiger partial charge in [-0.3, -0.25) is 4.79 Å². The van der Waals surface area contributed by atoms with E-state index in [-0.39, 0.29) is 11.9 Å². The molecule has 0 aromatic carbocycles. The zero-order valence-corrected chi connectivity index (χ0v) is 8.45. The van der Waals surface area contributed by atoms with Crippen molar-refractivity contribution in [2.24, 2.45) is 7.05 Å². The molecule has 0 aliphatic rings. The van der Waals surface area contributed by atoms with Crippen molar-refractivity contribution in [1.82, 2.24) is 9.88 Å². The van der Waals surface area contributed by atoms with Gasteiger partial charge in [-0.1, -0.05) is 0 Å². The number of aryl methyl sites for hydroxylation is 1. The monoisotopic (exact) mass is 190 g/mol. The molecule has 0 bridgehead atoms. The van der Waals surface area contributed by atoms with Crippen LogP contribution in [-0.4, -0.2) is 16.5 Å². The summed E-state index contributed by atoms with van der Waals surface area (Å²) in [6.45, 7) is 1.89. The summed E-state index contributed by atoms with van der Waals surface area (Å²) in [6.07, 6.45) is 7.53. The van der Waals surface area contributed by atoms with Crippen LogP contribution in [0.3, 0.4) is 0 Å². The van der Waals surface area contributed by atoms with Crippen molar-refractivity contribution < 1.29 is 4.79 Å². The van der Waals surface area contributed by atoms with Crippen LogP contribution in [0.1, 0.15) is 23.8 Å². The molecular formula is C11H14N2O. The predicted octanol–water partition coefficient (Wildman–Crippen LogP) is 1.17. The zero-order chi connectivity index (χ0) is 10.6. The van der Waals surface area contributed by atoms with Crippen molar-refractivity contribution in [1.29, 1.82) is 0 Å². The van der Waals surface area contributed by atoms with Gasteiger partial charge in [0.1, 0.15) is 5.69 Å². The SMILES string of the molecule is C#CCC(C)NC(=O)c1cccn1C. The molecule has 0 spiro atoms. The number of nitrogens with one attached hydrogen (secondary N) is 1. The maximum absolute atomic E-state index is 11.6. The van der Waals surface area contributed by atoms with E-state index in [2.05, 4.69) is 11.2 Å². The van der Waals surface area contributed by atoms with Gasteiger partial charge < -0.3 is 9.88 Å². The quantitative estimate of drug-likeness (QED) is 0.713. The molecule has 1 rings (SSSR count). The van der Waals surface area contributed by atoms with Gasteiger partial charge in [0.2, 0.25) is 0 Å². The van der Waals surface area contributed by atoms with Crippen LogP contribution in [0.15, 0.2) is 18.3 Å². The first-order valence-electron chi connectivity index (χ1n) is 4.50. The van der Waals surface area contributed by atoms with Crippen LogP contribution in [0.25, 0.3) is 0 Å². The number of carbonyl (C=O) groups is 1. The van der Waals surface area contributed by atoms with E-state index in [1.807, 2.05) is 26.2 Å². The van der Waals surface area contributed by atoms with Gasteiger partial charge in [0, 0.05) is 25.7 Å². The first-order valence-corrected chi connectivity index (χ1v) is 4.50. The number of amides is 1. The largest absolute Gasteiger partial charge is 0.347 e. The second kappa shape index (κ2) is 4.52. The number of hydrogen-bond donors (Lipinski definition) is 1. The lowest BCUT2D eigenvalue weighted by atomic mass is 10.2. The van der Waals surface area contributed by atoms with Gasteiger partial charge >= 0.3 is 0 Å². The molecule has 1 unspecified atom stereocenters. The van der Waals surface area contributed by atoms with Gasteiger partial charge in [0.05, 0.1) is 0 Å². The van der Waals surface area contributed by atoms with Crippen molar-refractivity contribution in [2.45, 2.75) is 19.4 Å². The minimum absolute atomic E-state index is 0.0161. The van der Waals surface area contributed by atoms with Crippen molar-refractivity contribution in [2.75, 3.05) is 0 Å². The average molecular weight is 190 g/mol. The topological polar surface area (TPSA) is 34.0 Å². The molecule has 3 heteroatoms. The van der Waals surface area contributed by atoms with Crippen LogP contribution in [0.2, 0.25) is 0 Å². The van der Waals surface area contributed by atoms with E-state index in [0.29, 0.717) is 12.1 Å². The fourth-order valence-corrected chi connectivity index (χ4v) is 1.22. The third kappa shape index (κ3) is 2.40. The van der Waals surface area contributed by atoms with E-state index in [9.17, 15) is 4.79 Å². The molecule has 1 aromatic rings. The molecule has 1 N–H and O–H groups in total. The van der Waals surface area contributed by atoms with Gasteiger partial charge in [0.25, 0.3) is 5.91 Å². The second-order valence-corrected chi connectivity index (χ2v) is 3.29. The lowest BCUT2D eigenvalue weighted by Gasteiger charge is -2.10. The van der Waals surface area contributed by atoms with Crippen molar-refractivity contribution in [3.05, 3.63) is 24.0 Å². The normalized spacial score (nSPS) is 11.8. The molecule has 0 radical (unpaired) electrons. The van der Waals surface area contributed by atoms with Crippen molar-refractivity contribution >= 4 is 5.91 Å². The second-order valence-electron chi connectivity index (χ2n) is 3.29. The summed E-state index contributed by atoms with van der Waals surface area (Å²) in [5.74, 6) is 2.43. The molecule has 0 fully saturated rings. The van der Waals surface area contributed by atoms with Crippen LogP contribution < -0.4 is 5.32 Å². The third-order valence-electron chi connectivity index (χ3n) is 1.98. The van der Waals surface area contributed by atoms with Crippen molar-refractivity contribution in [3.8, 4) is 12.3 Å². The lowest BCUT2D eigenvalue weighted by molar-refractivity contribution is 0.0932. The summed E-state index contributed by atoms with van der Waals surface area (Å²) >= 11 is 0. The van der Waals surface area contributed by atoms with Gasteiger partial charge in [-0.05, 0) is 19.1 Å². The van der Waals surface area contributed by atoms with E-state index in [4.69, 9.17) is 6.42 Å². The summed E-state index contributed by atoms with van der Waals surface area (Å²) < 4.78 is 1.78. The van der Waals surface area contributed by atoms with E-state index in [1.54, 1.807) is 10.6 Å². The van der Waals surface area contributed by atoms with E-state index < -0.39 is 0 Å². The Hall–Kier alpha value is -1.69. The fourth-order valence-electron chi connectivity index (χ4n) is 1.22. The molecule has 0 saturated heterocycles. The average Bonchev–Trinajstić information content (AvgIpc) is 2.51. The Kier molecular flexibility index (Phi) is 3.35. The van der Waals surface area contributed by atoms with Crippen LogP contribution in [0.5, 0.6) is 0 Å². The summed E-state index contributed by atoms with van der Waals surface area (Å²) in [5, 5.41) is 2.82. The molecule has 1 heterocycles. The first kappa shape index (κ1) is 10.4. The smallest absolute Gasteiger partial charge is 0.268 e. The number of aromatic nitrogens is 1. The van der Waals surface area contributed by atoms with E-state index in [1.165, 1.54) is 0 Å². The summed E-state index contributed by atoms with van der Waals surface area (Å²) in [4.78, 5) is 11.6. The maximum atomic E-state index is 11.6. The van der Waals surface area contributed by atoms with E-state index in [0.717, 1.165) is 0 Å². The van der Waals surface area contributed by atoms with Crippen LogP contribution in [-0.2, 0) is 7.05 Å². The molecule has 74 valence electrons. The van der Waals surface area contributed by atoms with Gasteiger partial charge in [-0.15, -0.1) is 12.3 Å². The van der Waals surface area contributed by atoms with Crippen LogP contribution in [0.4, 0.5) is 0 Å². The Morgan fingerprint density at radius 3 is 3.00 bits per heavy atom. The molecular weight excluding hydrogens is 176 g/mol. The Labute approximate surface area is 84.1 Å². The highest BCUT2D eigenvalue weighted by Gasteiger charge is 2.10. The number of carbonyl (C=O) groups excluding carboxylic acids is 1. The van der Waals surface area contributed by atoms with Gasteiger partial charge in [-0.2, -0.15) is 0 Å². The van der Waals surface area contributed by atoms with Gasteiger partial charge in [0.15, 0.2) is 0 Å². The number of hydrogen-bond acceptors (Lipinski definition) is 1. The van der Waals surface area contributed by atoms with E-state index >= 15 is 0 Å². The Morgan fingerprint density at radius 1 is 1.79 bits per heavy atom. The molecule has 0 aliphatic heterocycles. The van der Waals surface area contributed by atoms with Crippen molar-refractivity contribution in [3.63, 3.8) is 0 Å². The first-order chi connectivity index (χ1) is 6.65. The molecule has 3 nitrogen and oxygen atoms in total. The highest BCUT2D eigenvalue weighted by atomic mass is 16.2. The molecule has 1 aromatic heterocycles. The number of nitrogens with zero attached hydrogens (tertiary/aromatic N) is 1. The Morgan fingerprint density at radius 2 is 2.50 bits per heavy atom. The highest BCUT2D eigenvalue weighted by Crippen LogP contribution is 2.00. The number of rotatable bonds is 3. The summed E-state index contributed by atoms with van der Waals surface area (Å²) in [5.41, 5.74) is 0.647. The molecule has 0 aliphatic carbocycles. The Bertz CT molecular complexity index is 360. The molecule has 1 atom stereocenters. The highest BCUT2D eigenvalue weighted by molar-refractivity contribution is 5.92. The number of terminal acetylenes is 1.